The van der Waals surface area contributed by atoms with Gasteiger partial charge in [0.05, 0.1) is 0 Å². The highest BCUT2D eigenvalue weighted by Crippen LogP contribution is 2.33. The zero-order chi connectivity index (χ0) is 10.9. The quantitative estimate of drug-likeness (QED) is 0.743. The van der Waals surface area contributed by atoms with Crippen molar-refractivity contribution in [3.63, 3.8) is 0 Å². The van der Waals surface area contributed by atoms with Gasteiger partial charge in [0.15, 0.2) is 0 Å². The minimum atomic E-state index is 0.00391. The van der Waals surface area contributed by atoms with Crippen molar-refractivity contribution < 1.29 is 4.74 Å². The summed E-state index contributed by atoms with van der Waals surface area (Å²) in [4.78, 5) is 0. The summed E-state index contributed by atoms with van der Waals surface area (Å²) in [6.45, 7) is 4.31. The molecule has 1 aliphatic rings. The monoisotopic (exact) mass is 268 g/mol. The maximum atomic E-state index is 5.94. The molecule has 0 fully saturated rings. The van der Waals surface area contributed by atoms with Crippen LogP contribution in [0.3, 0.4) is 0 Å². The molecule has 15 heavy (non-hydrogen) atoms. The number of halogens is 1. The lowest BCUT2D eigenvalue weighted by molar-refractivity contribution is 0.0846. The van der Waals surface area contributed by atoms with Crippen molar-refractivity contribution in [3.05, 3.63) is 29.3 Å². The first-order chi connectivity index (χ1) is 7.11. The third kappa shape index (κ3) is 2.54. The molecular weight excluding hydrogens is 252 g/mol. The van der Waals surface area contributed by atoms with Crippen LogP contribution in [0.1, 0.15) is 31.4 Å². The highest BCUT2D eigenvalue weighted by Gasteiger charge is 2.26. The highest BCUT2D eigenvalue weighted by atomic mass is 79.9. The minimum absolute atomic E-state index is 0.00391. The van der Waals surface area contributed by atoms with E-state index in [0.717, 1.165) is 30.3 Å². The summed E-state index contributed by atoms with van der Waals surface area (Å²) < 4.78 is 5.94. The summed E-state index contributed by atoms with van der Waals surface area (Å²) in [5, 5.41) is 1.03. The van der Waals surface area contributed by atoms with Crippen LogP contribution >= 0.6 is 15.9 Å². The van der Waals surface area contributed by atoms with Gasteiger partial charge in [-0.2, -0.15) is 0 Å². The molecule has 2 heteroatoms. The summed E-state index contributed by atoms with van der Waals surface area (Å²) in [6.07, 6.45) is 3.34. The van der Waals surface area contributed by atoms with Crippen LogP contribution in [0, 0.1) is 0 Å². The lowest BCUT2D eigenvalue weighted by atomic mass is 9.93. The summed E-state index contributed by atoms with van der Waals surface area (Å²) in [7, 11) is 0. The lowest BCUT2D eigenvalue weighted by Crippen LogP contribution is -2.32. The summed E-state index contributed by atoms with van der Waals surface area (Å²) in [5.74, 6) is 1.07. The van der Waals surface area contributed by atoms with E-state index in [0.29, 0.717) is 0 Å². The maximum Gasteiger partial charge on any atom is 0.123 e. The molecule has 0 N–H and O–H groups in total. The third-order valence-corrected chi connectivity index (χ3v) is 3.29. The first-order valence-electron chi connectivity index (χ1n) is 5.47. The van der Waals surface area contributed by atoms with Crippen LogP contribution < -0.4 is 4.74 Å². The molecule has 0 amide bonds. The van der Waals surface area contributed by atoms with Crippen LogP contribution in [-0.4, -0.2) is 10.9 Å². The average Bonchev–Trinajstić information content (AvgIpc) is 2.18. The van der Waals surface area contributed by atoms with Gasteiger partial charge < -0.3 is 4.74 Å². The SMILES string of the molecule is CC1(C)CCc2cc(CCBr)ccc2O1. The number of ether oxygens (including phenoxy) is 1. The van der Waals surface area contributed by atoms with Gasteiger partial charge in [0, 0.05) is 5.33 Å². The number of alkyl halides is 1. The number of aryl methyl sites for hydroxylation is 2. The molecule has 0 aromatic heterocycles. The van der Waals surface area contributed by atoms with E-state index in [-0.39, 0.29) is 5.60 Å². The van der Waals surface area contributed by atoms with Gasteiger partial charge in [0.25, 0.3) is 0 Å². The zero-order valence-corrected chi connectivity index (χ0v) is 10.9. The van der Waals surface area contributed by atoms with Gasteiger partial charge >= 0.3 is 0 Å². The predicted molar refractivity (Wildman–Crippen MR) is 67.0 cm³/mol. The summed E-state index contributed by atoms with van der Waals surface area (Å²) in [6, 6.07) is 6.57. The Labute approximate surface area is 100.0 Å². The Morgan fingerprint density at radius 2 is 2.20 bits per heavy atom. The van der Waals surface area contributed by atoms with Crippen molar-refractivity contribution in [1.82, 2.24) is 0 Å². The second-order valence-corrected chi connectivity index (χ2v) is 5.54. The van der Waals surface area contributed by atoms with Gasteiger partial charge in [-0.1, -0.05) is 28.1 Å². The molecular formula is C13H17BrO. The lowest BCUT2D eigenvalue weighted by Gasteiger charge is -2.32. The Bertz CT molecular complexity index is 358. The molecule has 0 bridgehead atoms. The fourth-order valence-corrected chi connectivity index (χ4v) is 2.43. The normalized spacial score (nSPS) is 18.1. The van der Waals surface area contributed by atoms with Crippen LogP contribution in [0.25, 0.3) is 0 Å². The Balaban J connectivity index is 2.24. The van der Waals surface area contributed by atoms with Crippen molar-refractivity contribution in [2.24, 2.45) is 0 Å². The van der Waals surface area contributed by atoms with Crippen molar-refractivity contribution in [1.29, 1.82) is 0 Å². The highest BCUT2D eigenvalue weighted by molar-refractivity contribution is 9.09. The molecule has 1 heterocycles. The van der Waals surface area contributed by atoms with Gasteiger partial charge in [-0.3, -0.25) is 0 Å². The van der Waals surface area contributed by atoms with Crippen molar-refractivity contribution in [2.45, 2.75) is 38.7 Å². The molecule has 1 aromatic carbocycles. The van der Waals surface area contributed by atoms with Crippen LogP contribution in [0.2, 0.25) is 0 Å². The average molecular weight is 269 g/mol. The summed E-state index contributed by atoms with van der Waals surface area (Å²) >= 11 is 3.47. The van der Waals surface area contributed by atoms with E-state index in [1.165, 1.54) is 11.1 Å². The van der Waals surface area contributed by atoms with E-state index in [2.05, 4.69) is 48.0 Å². The molecule has 0 saturated heterocycles. The molecule has 1 aliphatic heterocycles. The second kappa shape index (κ2) is 4.17. The minimum Gasteiger partial charge on any atom is -0.488 e. The molecule has 82 valence electrons. The van der Waals surface area contributed by atoms with E-state index in [1.807, 2.05) is 0 Å². The largest absolute Gasteiger partial charge is 0.488 e. The maximum absolute atomic E-state index is 5.94. The van der Waals surface area contributed by atoms with Crippen LogP contribution in [0.4, 0.5) is 0 Å². The van der Waals surface area contributed by atoms with Gasteiger partial charge in [-0.25, -0.2) is 0 Å². The van der Waals surface area contributed by atoms with E-state index >= 15 is 0 Å². The number of fused-ring (bicyclic) bond motifs is 1. The number of rotatable bonds is 2. The van der Waals surface area contributed by atoms with Gasteiger partial charge in [0.2, 0.25) is 0 Å². The molecule has 0 unspecified atom stereocenters. The number of hydrogen-bond acceptors (Lipinski definition) is 1. The Hall–Kier alpha value is -0.500. The molecule has 1 aromatic rings. The molecule has 0 aliphatic carbocycles. The first kappa shape index (κ1) is 11.0. The third-order valence-electron chi connectivity index (χ3n) is 2.89. The van der Waals surface area contributed by atoms with Crippen LogP contribution in [-0.2, 0) is 12.8 Å². The molecule has 0 spiro atoms. The molecule has 0 saturated carbocycles. The van der Waals surface area contributed by atoms with E-state index in [1.54, 1.807) is 0 Å². The van der Waals surface area contributed by atoms with Crippen molar-refractivity contribution >= 4 is 15.9 Å². The molecule has 0 atom stereocenters. The Morgan fingerprint density at radius 1 is 1.40 bits per heavy atom. The van der Waals surface area contributed by atoms with Crippen molar-refractivity contribution in [3.8, 4) is 5.75 Å². The van der Waals surface area contributed by atoms with Gasteiger partial charge in [0.1, 0.15) is 11.4 Å². The smallest absolute Gasteiger partial charge is 0.123 e. The summed E-state index contributed by atoms with van der Waals surface area (Å²) in [5.41, 5.74) is 2.77. The fourth-order valence-electron chi connectivity index (χ4n) is 1.98. The fraction of sp³-hybridized carbons (Fsp3) is 0.538. The topological polar surface area (TPSA) is 9.23 Å². The van der Waals surface area contributed by atoms with Gasteiger partial charge in [-0.05, 0) is 50.3 Å². The van der Waals surface area contributed by atoms with Crippen LogP contribution in [0.5, 0.6) is 5.75 Å². The van der Waals surface area contributed by atoms with E-state index < -0.39 is 0 Å². The molecule has 2 rings (SSSR count). The Morgan fingerprint density at radius 3 is 2.93 bits per heavy atom. The predicted octanol–water partition coefficient (Wildman–Crippen LogP) is 3.73. The zero-order valence-electron chi connectivity index (χ0n) is 9.35. The molecule has 0 radical (unpaired) electrons. The number of hydrogen-bond donors (Lipinski definition) is 0. The van der Waals surface area contributed by atoms with Crippen LogP contribution in [0.15, 0.2) is 18.2 Å². The Kier molecular flexibility index (Phi) is 3.06. The van der Waals surface area contributed by atoms with Gasteiger partial charge in [-0.15, -0.1) is 0 Å². The number of benzene rings is 1. The first-order valence-corrected chi connectivity index (χ1v) is 6.60. The van der Waals surface area contributed by atoms with E-state index in [4.69, 9.17) is 4.74 Å². The standard InChI is InChI=1S/C13H17BrO/c1-13(2)7-5-11-9-10(6-8-14)3-4-12(11)15-13/h3-4,9H,5-8H2,1-2H3. The second-order valence-electron chi connectivity index (χ2n) is 4.74. The van der Waals surface area contributed by atoms with E-state index in [9.17, 15) is 0 Å². The molecule has 1 nitrogen and oxygen atoms in total. The van der Waals surface area contributed by atoms with Crippen molar-refractivity contribution in [2.75, 3.05) is 5.33 Å².